The maximum absolute atomic E-state index is 11.5. The third kappa shape index (κ3) is 9.05. The third-order valence-electron chi connectivity index (χ3n) is 2.96. The summed E-state index contributed by atoms with van der Waals surface area (Å²) in [4.78, 5) is 11.5. The number of ether oxygens (including phenoxy) is 1. The molecule has 0 saturated carbocycles. The van der Waals surface area contributed by atoms with Crippen LogP contribution in [0.3, 0.4) is 0 Å². The van der Waals surface area contributed by atoms with Gasteiger partial charge in [-0.2, -0.15) is 0 Å². The number of hydrogen-bond acceptors (Lipinski definition) is 4. The largest absolute Gasteiger partial charge is 0.491 e. The fourth-order valence-corrected chi connectivity index (χ4v) is 1.72. The Bertz CT molecular complexity index is 469. The van der Waals surface area contributed by atoms with E-state index in [0.717, 1.165) is 6.42 Å². The van der Waals surface area contributed by atoms with Crippen LogP contribution in [0.25, 0.3) is 0 Å². The van der Waals surface area contributed by atoms with Gasteiger partial charge in [0.1, 0.15) is 18.5 Å². The van der Waals surface area contributed by atoms with E-state index in [0.29, 0.717) is 24.5 Å². The summed E-state index contributed by atoms with van der Waals surface area (Å²) in [6.07, 6.45) is 0.318. The molecule has 130 valence electrons. The average Bonchev–Trinajstić information content (AvgIpc) is 2.49. The summed E-state index contributed by atoms with van der Waals surface area (Å²) < 4.78 is 5.54. The molecule has 6 heteroatoms. The van der Waals surface area contributed by atoms with E-state index in [-0.39, 0.29) is 18.2 Å². The number of aliphatic hydroxyl groups is 1. The predicted molar refractivity (Wildman–Crippen MR) is 93.0 cm³/mol. The number of carbonyl (C=O) groups excluding carboxylic acids is 1. The van der Waals surface area contributed by atoms with Gasteiger partial charge in [-0.25, -0.2) is 4.79 Å². The van der Waals surface area contributed by atoms with E-state index in [1.54, 1.807) is 24.3 Å². The lowest BCUT2D eigenvalue weighted by molar-refractivity contribution is 0.100. The van der Waals surface area contributed by atoms with Crippen molar-refractivity contribution in [3.63, 3.8) is 0 Å². The van der Waals surface area contributed by atoms with Crippen LogP contribution in [0.1, 0.15) is 34.1 Å². The van der Waals surface area contributed by atoms with E-state index in [1.165, 1.54) is 0 Å². The molecular formula is C17H29N3O3. The zero-order chi connectivity index (χ0) is 17.3. The second kappa shape index (κ2) is 9.37. The molecule has 0 aliphatic rings. The number of β-amino-alcohol motifs (C(OH)–C–C–N with tert-alkyl or cyclic N) is 1. The van der Waals surface area contributed by atoms with E-state index in [4.69, 9.17) is 4.74 Å². The summed E-state index contributed by atoms with van der Waals surface area (Å²) in [6.45, 7) is 9.47. The fourth-order valence-electron chi connectivity index (χ4n) is 1.72. The molecule has 1 atom stereocenters. The number of anilines is 1. The van der Waals surface area contributed by atoms with E-state index >= 15 is 0 Å². The summed E-state index contributed by atoms with van der Waals surface area (Å²) in [5.74, 6) is 0.652. The minimum atomic E-state index is -0.577. The van der Waals surface area contributed by atoms with Crippen LogP contribution in [0.2, 0.25) is 0 Å². The highest BCUT2D eigenvalue weighted by molar-refractivity contribution is 5.89. The molecule has 0 aliphatic heterocycles. The average molecular weight is 323 g/mol. The van der Waals surface area contributed by atoms with Crippen molar-refractivity contribution >= 4 is 11.7 Å². The van der Waals surface area contributed by atoms with E-state index < -0.39 is 6.10 Å². The molecule has 1 aromatic rings. The Kier molecular flexibility index (Phi) is 7.85. The highest BCUT2D eigenvalue weighted by atomic mass is 16.5. The van der Waals surface area contributed by atoms with E-state index in [9.17, 15) is 9.90 Å². The molecule has 0 aromatic heterocycles. The predicted octanol–water partition coefficient (Wildman–Crippen LogP) is 2.35. The first-order valence-corrected chi connectivity index (χ1v) is 8.01. The normalized spacial score (nSPS) is 12.6. The molecule has 1 rings (SSSR count). The third-order valence-corrected chi connectivity index (χ3v) is 2.96. The molecule has 23 heavy (non-hydrogen) atoms. The lowest BCUT2D eigenvalue weighted by atomic mass is 10.1. The minimum absolute atomic E-state index is 0.0351. The van der Waals surface area contributed by atoms with Gasteiger partial charge >= 0.3 is 6.03 Å². The number of hydrogen-bond donors (Lipinski definition) is 4. The lowest BCUT2D eigenvalue weighted by Gasteiger charge is -2.23. The Morgan fingerprint density at radius 3 is 2.48 bits per heavy atom. The molecule has 1 unspecified atom stereocenters. The number of nitrogens with one attached hydrogen (secondary N) is 3. The van der Waals surface area contributed by atoms with Crippen LogP contribution in [0.5, 0.6) is 5.75 Å². The summed E-state index contributed by atoms with van der Waals surface area (Å²) in [5, 5.41) is 18.6. The SMILES string of the molecule is CCCNC(=O)Nc1ccc(OCC(O)CNC(C)(C)C)cc1. The Balaban J connectivity index is 2.35. The van der Waals surface area contributed by atoms with Crippen molar-refractivity contribution in [3.05, 3.63) is 24.3 Å². The molecule has 0 spiro atoms. The number of aliphatic hydroxyl groups excluding tert-OH is 1. The molecule has 4 N–H and O–H groups in total. The zero-order valence-electron chi connectivity index (χ0n) is 14.5. The van der Waals surface area contributed by atoms with Crippen LogP contribution in [-0.4, -0.2) is 42.5 Å². The van der Waals surface area contributed by atoms with Crippen molar-refractivity contribution in [2.75, 3.05) is 25.0 Å². The van der Waals surface area contributed by atoms with Crippen LogP contribution in [0.4, 0.5) is 10.5 Å². The van der Waals surface area contributed by atoms with E-state index in [1.807, 2.05) is 27.7 Å². The quantitative estimate of drug-likeness (QED) is 0.592. The number of rotatable bonds is 8. The van der Waals surface area contributed by atoms with Crippen molar-refractivity contribution in [2.24, 2.45) is 0 Å². The molecule has 1 aromatic carbocycles. The number of urea groups is 1. The van der Waals surface area contributed by atoms with Gasteiger partial charge in [0.2, 0.25) is 0 Å². The molecule has 0 aliphatic carbocycles. The molecule has 6 nitrogen and oxygen atoms in total. The smallest absolute Gasteiger partial charge is 0.319 e. The van der Waals surface area contributed by atoms with Crippen molar-refractivity contribution in [1.29, 1.82) is 0 Å². The van der Waals surface area contributed by atoms with Gasteiger partial charge in [0.15, 0.2) is 0 Å². The molecule has 2 amide bonds. The van der Waals surface area contributed by atoms with Crippen molar-refractivity contribution in [2.45, 2.75) is 45.8 Å². The van der Waals surface area contributed by atoms with Gasteiger partial charge in [-0.1, -0.05) is 6.92 Å². The Morgan fingerprint density at radius 2 is 1.91 bits per heavy atom. The lowest BCUT2D eigenvalue weighted by Crippen LogP contribution is -2.42. The molecular weight excluding hydrogens is 294 g/mol. The van der Waals surface area contributed by atoms with Gasteiger partial charge in [0.05, 0.1) is 0 Å². The van der Waals surface area contributed by atoms with Crippen LogP contribution >= 0.6 is 0 Å². The molecule has 0 heterocycles. The summed E-state index contributed by atoms with van der Waals surface area (Å²) in [7, 11) is 0. The first-order chi connectivity index (χ1) is 10.8. The molecule has 0 fully saturated rings. The second-order valence-electron chi connectivity index (χ2n) is 6.50. The molecule has 0 radical (unpaired) electrons. The molecule has 0 saturated heterocycles. The van der Waals surface area contributed by atoms with Gasteiger partial charge in [-0.05, 0) is 51.5 Å². The van der Waals surface area contributed by atoms with Gasteiger partial charge in [0.25, 0.3) is 0 Å². The standard InChI is InChI=1S/C17H29N3O3/c1-5-10-18-16(22)20-13-6-8-15(9-7-13)23-12-14(21)11-19-17(2,3)4/h6-9,14,19,21H,5,10-12H2,1-4H3,(H2,18,20,22). The van der Waals surface area contributed by atoms with Crippen molar-refractivity contribution in [3.8, 4) is 5.75 Å². The van der Waals surface area contributed by atoms with Crippen molar-refractivity contribution < 1.29 is 14.6 Å². The number of benzene rings is 1. The highest BCUT2D eigenvalue weighted by Crippen LogP contribution is 2.15. The Labute approximate surface area is 138 Å². The van der Waals surface area contributed by atoms with Crippen LogP contribution in [0, 0.1) is 0 Å². The van der Waals surface area contributed by atoms with Gasteiger partial charge in [-0.15, -0.1) is 0 Å². The van der Waals surface area contributed by atoms with Gasteiger partial charge in [-0.3, -0.25) is 0 Å². The van der Waals surface area contributed by atoms with Crippen molar-refractivity contribution in [1.82, 2.24) is 10.6 Å². The maximum atomic E-state index is 11.5. The van der Waals surface area contributed by atoms with Crippen LogP contribution in [-0.2, 0) is 0 Å². The summed E-state index contributed by atoms with van der Waals surface area (Å²) in [5.41, 5.74) is 0.660. The van der Waals surface area contributed by atoms with Crippen LogP contribution in [0.15, 0.2) is 24.3 Å². The highest BCUT2D eigenvalue weighted by Gasteiger charge is 2.12. The number of amides is 2. The Morgan fingerprint density at radius 1 is 1.26 bits per heavy atom. The topological polar surface area (TPSA) is 82.6 Å². The monoisotopic (exact) mass is 323 g/mol. The first-order valence-electron chi connectivity index (χ1n) is 8.01. The minimum Gasteiger partial charge on any atom is -0.491 e. The second-order valence-corrected chi connectivity index (χ2v) is 6.50. The summed E-state index contributed by atoms with van der Waals surface area (Å²) in [6, 6.07) is 6.84. The van der Waals surface area contributed by atoms with Gasteiger partial charge < -0.3 is 25.8 Å². The van der Waals surface area contributed by atoms with Gasteiger partial charge in [0, 0.05) is 24.3 Å². The Hall–Kier alpha value is -1.79. The number of carbonyl (C=O) groups is 1. The fraction of sp³-hybridized carbons (Fsp3) is 0.588. The van der Waals surface area contributed by atoms with Crippen LogP contribution < -0.4 is 20.7 Å². The first kappa shape index (κ1) is 19.3. The van der Waals surface area contributed by atoms with E-state index in [2.05, 4.69) is 16.0 Å². The molecule has 0 bridgehead atoms. The summed E-state index contributed by atoms with van der Waals surface area (Å²) >= 11 is 0. The maximum Gasteiger partial charge on any atom is 0.319 e. The zero-order valence-corrected chi connectivity index (χ0v) is 14.5.